The SMILES string of the molecule is CCCc1ccc2c(c1)C(C)(C)c1cc(-c3c4ccccc4c(-c4c5ccccc5c(-c5ccc6c(c5)C(C)(C)c5cc(-c7c8ccccc8c(-c8ccc(O)cc8)c8ccccc78)ccc5-6)c5ccccc45)c4ccccc34)ccc1-2. The minimum atomic E-state index is -0.282. The summed E-state index contributed by atoms with van der Waals surface area (Å²) in [5.74, 6) is 0.269. The van der Waals surface area contributed by atoms with Crippen molar-refractivity contribution >= 4 is 64.6 Å². The molecule has 82 heavy (non-hydrogen) atoms. The molecule has 0 radical (unpaired) electrons. The van der Waals surface area contributed by atoms with Crippen LogP contribution in [0.1, 0.15) is 68.9 Å². The fourth-order valence-electron chi connectivity index (χ4n) is 15.2. The van der Waals surface area contributed by atoms with Crippen molar-refractivity contribution in [3.05, 3.63) is 270 Å². The summed E-state index contributed by atoms with van der Waals surface area (Å²) in [4.78, 5) is 0. The van der Waals surface area contributed by atoms with E-state index in [1.165, 1.54) is 165 Å². The third-order valence-electron chi connectivity index (χ3n) is 19.0. The molecule has 16 rings (SSSR count). The Labute approximate surface area is 479 Å². The molecular formula is C81H60O. The van der Waals surface area contributed by atoms with Crippen LogP contribution in [0.3, 0.4) is 0 Å². The molecule has 14 aromatic carbocycles. The topological polar surface area (TPSA) is 20.2 Å². The predicted molar refractivity (Wildman–Crippen MR) is 349 cm³/mol. The van der Waals surface area contributed by atoms with Crippen molar-refractivity contribution < 1.29 is 5.11 Å². The fourth-order valence-corrected chi connectivity index (χ4v) is 15.2. The lowest BCUT2D eigenvalue weighted by molar-refractivity contribution is 0.475. The molecule has 390 valence electrons. The lowest BCUT2D eigenvalue weighted by atomic mass is 9.78. The zero-order chi connectivity index (χ0) is 55.2. The Morgan fingerprint density at radius 1 is 0.268 bits per heavy atom. The van der Waals surface area contributed by atoms with Gasteiger partial charge in [0.2, 0.25) is 0 Å². The second kappa shape index (κ2) is 18.0. The summed E-state index contributed by atoms with van der Waals surface area (Å²) in [6.07, 6.45) is 2.25. The van der Waals surface area contributed by atoms with E-state index in [-0.39, 0.29) is 16.6 Å². The molecule has 0 saturated heterocycles. The first-order chi connectivity index (χ1) is 40.1. The number of hydrogen-bond donors (Lipinski definition) is 1. The molecule has 0 aromatic heterocycles. The highest BCUT2D eigenvalue weighted by Crippen LogP contribution is 2.56. The van der Waals surface area contributed by atoms with Crippen molar-refractivity contribution in [1.82, 2.24) is 0 Å². The lowest BCUT2D eigenvalue weighted by Gasteiger charge is -2.25. The van der Waals surface area contributed by atoms with Crippen molar-refractivity contribution in [2.75, 3.05) is 0 Å². The van der Waals surface area contributed by atoms with Crippen LogP contribution in [-0.4, -0.2) is 5.11 Å². The number of phenolic OH excluding ortho intramolecular Hbond substituents is 1. The molecule has 0 heterocycles. The van der Waals surface area contributed by atoms with E-state index in [9.17, 15) is 5.11 Å². The van der Waals surface area contributed by atoms with Crippen LogP contribution in [-0.2, 0) is 17.3 Å². The normalized spacial score (nSPS) is 13.8. The van der Waals surface area contributed by atoms with Crippen molar-refractivity contribution in [3.63, 3.8) is 0 Å². The molecule has 0 bridgehead atoms. The summed E-state index contributed by atoms with van der Waals surface area (Å²) < 4.78 is 0. The minimum Gasteiger partial charge on any atom is -0.508 e. The largest absolute Gasteiger partial charge is 0.508 e. The first-order valence-electron chi connectivity index (χ1n) is 29.3. The highest BCUT2D eigenvalue weighted by atomic mass is 16.3. The number of fused-ring (bicyclic) bond motifs is 12. The molecule has 1 N–H and O–H groups in total. The average molecular weight is 1050 g/mol. The molecule has 0 saturated carbocycles. The van der Waals surface area contributed by atoms with Crippen LogP contribution in [0, 0.1) is 0 Å². The van der Waals surface area contributed by atoms with Crippen LogP contribution in [0.15, 0.2) is 243 Å². The Balaban J connectivity index is 0.852. The van der Waals surface area contributed by atoms with Gasteiger partial charge < -0.3 is 5.11 Å². The van der Waals surface area contributed by atoms with E-state index < -0.39 is 0 Å². The summed E-state index contributed by atoms with van der Waals surface area (Å²) in [7, 11) is 0. The number of rotatable bonds is 7. The van der Waals surface area contributed by atoms with E-state index in [1.807, 2.05) is 12.1 Å². The first-order valence-corrected chi connectivity index (χ1v) is 29.3. The summed E-state index contributed by atoms with van der Waals surface area (Å²) in [6.45, 7) is 11.9. The van der Waals surface area contributed by atoms with Gasteiger partial charge in [0.25, 0.3) is 0 Å². The van der Waals surface area contributed by atoms with Gasteiger partial charge >= 0.3 is 0 Å². The molecule has 1 nitrogen and oxygen atoms in total. The van der Waals surface area contributed by atoms with Gasteiger partial charge in [0.1, 0.15) is 5.75 Å². The van der Waals surface area contributed by atoms with Crippen LogP contribution >= 0.6 is 0 Å². The highest BCUT2D eigenvalue weighted by Gasteiger charge is 2.38. The van der Waals surface area contributed by atoms with Crippen molar-refractivity contribution in [1.29, 1.82) is 0 Å². The molecule has 0 spiro atoms. The van der Waals surface area contributed by atoms with Gasteiger partial charge in [-0.25, -0.2) is 0 Å². The van der Waals surface area contributed by atoms with Crippen LogP contribution in [0.4, 0.5) is 0 Å². The molecule has 14 aromatic rings. The van der Waals surface area contributed by atoms with Gasteiger partial charge in [-0.05, 0) is 207 Å². The fraction of sp³-hybridized carbons (Fsp3) is 0.111. The van der Waals surface area contributed by atoms with E-state index in [0.717, 1.165) is 18.4 Å². The first kappa shape index (κ1) is 48.4. The van der Waals surface area contributed by atoms with Crippen LogP contribution < -0.4 is 0 Å². The molecule has 0 atom stereocenters. The molecule has 2 aliphatic carbocycles. The van der Waals surface area contributed by atoms with Crippen LogP contribution in [0.2, 0.25) is 0 Å². The zero-order valence-corrected chi connectivity index (χ0v) is 47.0. The predicted octanol–water partition coefficient (Wildman–Crippen LogP) is 22.2. The summed E-state index contributed by atoms with van der Waals surface area (Å²) in [5.41, 5.74) is 24.2. The van der Waals surface area contributed by atoms with Crippen molar-refractivity contribution in [3.8, 4) is 83.6 Å². The Morgan fingerprint density at radius 3 is 0.805 bits per heavy atom. The number of benzene rings is 14. The second-order valence-electron chi connectivity index (χ2n) is 24.2. The monoisotopic (exact) mass is 1050 g/mol. The summed E-state index contributed by atoms with van der Waals surface area (Å²) in [5, 5.41) is 25.2. The van der Waals surface area contributed by atoms with Crippen molar-refractivity contribution in [2.24, 2.45) is 0 Å². The number of aryl methyl sites for hydroxylation is 1. The van der Waals surface area contributed by atoms with Crippen LogP contribution in [0.5, 0.6) is 5.75 Å². The van der Waals surface area contributed by atoms with Gasteiger partial charge in [0.15, 0.2) is 0 Å². The highest BCUT2D eigenvalue weighted by molar-refractivity contribution is 6.30. The molecule has 0 unspecified atom stereocenters. The number of phenols is 1. The number of aromatic hydroxyl groups is 1. The van der Waals surface area contributed by atoms with E-state index in [2.05, 4.69) is 253 Å². The van der Waals surface area contributed by atoms with E-state index in [0.29, 0.717) is 0 Å². The maximum Gasteiger partial charge on any atom is 0.115 e. The molecule has 2 aliphatic rings. The summed E-state index contributed by atoms with van der Waals surface area (Å²) >= 11 is 0. The Bertz CT molecular complexity index is 4880. The maximum absolute atomic E-state index is 10.3. The van der Waals surface area contributed by atoms with Gasteiger partial charge in [0.05, 0.1) is 0 Å². The smallest absolute Gasteiger partial charge is 0.115 e. The summed E-state index contributed by atoms with van der Waals surface area (Å²) in [6, 6.07) is 91.0. The Morgan fingerprint density at radius 2 is 0.512 bits per heavy atom. The number of hydrogen-bond acceptors (Lipinski definition) is 1. The van der Waals surface area contributed by atoms with Gasteiger partial charge in [-0.2, -0.15) is 0 Å². The molecular weight excluding hydrogens is 989 g/mol. The van der Waals surface area contributed by atoms with Gasteiger partial charge in [0, 0.05) is 10.8 Å². The van der Waals surface area contributed by atoms with Gasteiger partial charge in [-0.3, -0.25) is 0 Å². The molecule has 0 fully saturated rings. The average Bonchev–Trinajstić information content (AvgIpc) is 3.83. The molecule has 0 amide bonds. The molecule has 0 aliphatic heterocycles. The van der Waals surface area contributed by atoms with E-state index >= 15 is 0 Å². The Hall–Kier alpha value is -9.56. The van der Waals surface area contributed by atoms with E-state index in [4.69, 9.17) is 0 Å². The van der Waals surface area contributed by atoms with Crippen molar-refractivity contribution in [2.45, 2.75) is 58.3 Å². The second-order valence-corrected chi connectivity index (χ2v) is 24.2. The molecule has 1 heteroatoms. The lowest BCUT2D eigenvalue weighted by Crippen LogP contribution is -2.15. The van der Waals surface area contributed by atoms with Gasteiger partial charge in [-0.15, -0.1) is 0 Å². The Kier molecular flexibility index (Phi) is 10.6. The van der Waals surface area contributed by atoms with E-state index in [1.54, 1.807) is 12.1 Å². The quantitative estimate of drug-likeness (QED) is 0.158. The standard InChI is InChI=1S/C81H60O/c1-6-19-48-32-40-54-55-41-35-51(45-71(55)80(2,3)70(54)44-48)76-62-24-11-15-28-66(62)78(67-29-16-12-25-63(67)76)79-68-30-17-13-26-64(68)77(65-27-14-18-31-69(65)79)52-37-43-57-56-42-36-50(46-72(56)81(4,5)73(57)47-52)75-60-22-9-7-20-58(60)74(49-33-38-53(82)39-34-49)59-21-8-10-23-61(59)75/h7-18,20-47,82H,6,19H2,1-5H3. The van der Waals surface area contributed by atoms with Gasteiger partial charge in [-0.1, -0.05) is 253 Å². The van der Waals surface area contributed by atoms with Crippen LogP contribution in [0.25, 0.3) is 143 Å². The third kappa shape index (κ3) is 6.93. The zero-order valence-electron chi connectivity index (χ0n) is 47.0. The maximum atomic E-state index is 10.3. The third-order valence-corrected chi connectivity index (χ3v) is 19.0. The minimum absolute atomic E-state index is 0.117.